The van der Waals surface area contributed by atoms with Gasteiger partial charge in [-0.25, -0.2) is 0 Å². The average Bonchev–Trinajstić information content (AvgIpc) is 2.52. The van der Waals surface area contributed by atoms with Crippen molar-refractivity contribution in [1.82, 2.24) is 9.88 Å². The van der Waals surface area contributed by atoms with Crippen molar-refractivity contribution in [3.8, 4) is 0 Å². The zero-order chi connectivity index (χ0) is 16.4. The molecule has 1 unspecified atom stereocenters. The van der Waals surface area contributed by atoms with E-state index in [1.165, 1.54) is 21.3 Å². The Morgan fingerprint density at radius 3 is 2.96 bits per heavy atom. The zero-order valence-corrected chi connectivity index (χ0v) is 13.6. The van der Waals surface area contributed by atoms with Gasteiger partial charge in [0.2, 0.25) is 5.91 Å². The molecule has 1 atom stereocenters. The Hall–Kier alpha value is -2.36. The lowest BCUT2D eigenvalue weighted by Gasteiger charge is -2.27. The van der Waals surface area contributed by atoms with E-state index in [0.717, 1.165) is 19.3 Å². The summed E-state index contributed by atoms with van der Waals surface area (Å²) < 4.78 is 1.46. The minimum absolute atomic E-state index is 0.0478. The molecule has 0 saturated carbocycles. The number of nitrogens with one attached hydrogen (secondary N) is 1. The molecule has 1 aliphatic rings. The highest BCUT2D eigenvalue weighted by atomic mass is 16.2. The average molecular weight is 310 g/mol. The molecule has 1 amide bonds. The molecule has 0 fully saturated rings. The Labute approximate surface area is 136 Å². The van der Waals surface area contributed by atoms with E-state index in [4.69, 9.17) is 0 Å². The summed E-state index contributed by atoms with van der Waals surface area (Å²) in [6, 6.07) is 10.0. The first kappa shape index (κ1) is 15.5. The molecule has 1 aromatic carbocycles. The van der Waals surface area contributed by atoms with Gasteiger partial charge in [0.15, 0.2) is 0 Å². The summed E-state index contributed by atoms with van der Waals surface area (Å²) in [6.45, 7) is 3.90. The van der Waals surface area contributed by atoms with Gasteiger partial charge in [0.05, 0.1) is 6.04 Å². The number of hydrogen-bond acceptors (Lipinski definition) is 2. The molecular weight excluding hydrogens is 288 g/mol. The van der Waals surface area contributed by atoms with Crippen molar-refractivity contribution < 1.29 is 4.79 Å². The summed E-state index contributed by atoms with van der Waals surface area (Å²) in [5, 5.41) is 3.10. The van der Waals surface area contributed by atoms with Gasteiger partial charge in [0, 0.05) is 11.8 Å². The normalized spacial score (nSPS) is 16.7. The smallest absolute Gasteiger partial charge is 0.253 e. The van der Waals surface area contributed by atoms with Crippen LogP contribution in [0.15, 0.2) is 41.3 Å². The molecule has 1 N–H and O–H groups in total. The Kier molecular flexibility index (Phi) is 4.33. The minimum atomic E-state index is -0.114. The van der Waals surface area contributed by atoms with Crippen molar-refractivity contribution in [2.24, 2.45) is 0 Å². The molecular formula is C19H22N2O2. The predicted molar refractivity (Wildman–Crippen MR) is 90.4 cm³/mol. The van der Waals surface area contributed by atoms with Crippen LogP contribution < -0.4 is 10.9 Å². The van der Waals surface area contributed by atoms with E-state index in [1.807, 2.05) is 0 Å². The first-order chi connectivity index (χ1) is 11.0. The minimum Gasteiger partial charge on any atom is -0.348 e. The fraction of sp³-hybridized carbons (Fsp3) is 0.368. The van der Waals surface area contributed by atoms with E-state index in [9.17, 15) is 9.59 Å². The van der Waals surface area contributed by atoms with Gasteiger partial charge in [-0.2, -0.15) is 0 Å². The maximum Gasteiger partial charge on any atom is 0.253 e. The summed E-state index contributed by atoms with van der Waals surface area (Å²) in [7, 11) is 0. The van der Waals surface area contributed by atoms with Gasteiger partial charge in [-0.3, -0.25) is 9.59 Å². The Morgan fingerprint density at radius 2 is 2.13 bits per heavy atom. The molecule has 4 heteroatoms. The second-order valence-electron chi connectivity index (χ2n) is 6.34. The van der Waals surface area contributed by atoms with Crippen LogP contribution in [0.1, 0.15) is 41.1 Å². The lowest BCUT2D eigenvalue weighted by atomic mass is 9.86. The summed E-state index contributed by atoms with van der Waals surface area (Å²) in [6.07, 6.45) is 4.75. The molecule has 0 aliphatic heterocycles. The highest BCUT2D eigenvalue weighted by molar-refractivity contribution is 5.76. The molecule has 0 spiro atoms. The Balaban J connectivity index is 1.76. The SMILES string of the molecule is Cc1ccc2c(c1)C(NC(=O)Cn1cccc(C)c1=O)CCC2. The van der Waals surface area contributed by atoms with Crippen molar-refractivity contribution in [2.45, 2.75) is 45.7 Å². The highest BCUT2D eigenvalue weighted by Gasteiger charge is 2.22. The van der Waals surface area contributed by atoms with E-state index in [2.05, 4.69) is 30.4 Å². The maximum atomic E-state index is 12.4. The van der Waals surface area contributed by atoms with Crippen LogP contribution in [0.4, 0.5) is 0 Å². The van der Waals surface area contributed by atoms with Gasteiger partial charge in [-0.15, -0.1) is 0 Å². The molecule has 1 heterocycles. The molecule has 0 radical (unpaired) electrons. The van der Waals surface area contributed by atoms with E-state index >= 15 is 0 Å². The number of aromatic nitrogens is 1. The number of carbonyl (C=O) groups excluding carboxylic acids is 1. The molecule has 0 bridgehead atoms. The van der Waals surface area contributed by atoms with Gasteiger partial charge < -0.3 is 9.88 Å². The molecule has 4 nitrogen and oxygen atoms in total. The number of pyridine rings is 1. The van der Waals surface area contributed by atoms with Crippen molar-refractivity contribution in [3.05, 3.63) is 69.1 Å². The number of hydrogen-bond donors (Lipinski definition) is 1. The molecule has 3 rings (SSSR count). The maximum absolute atomic E-state index is 12.4. The fourth-order valence-corrected chi connectivity index (χ4v) is 3.24. The number of carbonyl (C=O) groups is 1. The molecule has 120 valence electrons. The Morgan fingerprint density at radius 1 is 1.30 bits per heavy atom. The van der Waals surface area contributed by atoms with Crippen LogP contribution in [-0.4, -0.2) is 10.5 Å². The third-order valence-corrected chi connectivity index (χ3v) is 4.48. The number of aryl methyl sites for hydroxylation is 3. The highest BCUT2D eigenvalue weighted by Crippen LogP contribution is 2.30. The molecule has 0 saturated heterocycles. The van der Waals surface area contributed by atoms with Crippen LogP contribution in [-0.2, 0) is 17.8 Å². The summed E-state index contributed by atoms with van der Waals surface area (Å²) in [5.41, 5.74) is 4.29. The van der Waals surface area contributed by atoms with Crippen LogP contribution in [0.2, 0.25) is 0 Å². The zero-order valence-electron chi connectivity index (χ0n) is 13.6. The van der Waals surface area contributed by atoms with E-state index in [0.29, 0.717) is 5.56 Å². The van der Waals surface area contributed by atoms with Crippen molar-refractivity contribution >= 4 is 5.91 Å². The van der Waals surface area contributed by atoms with Crippen LogP contribution in [0.5, 0.6) is 0 Å². The second-order valence-corrected chi connectivity index (χ2v) is 6.34. The quantitative estimate of drug-likeness (QED) is 0.947. The Bertz CT molecular complexity index is 792. The number of nitrogens with zero attached hydrogens (tertiary/aromatic N) is 1. The molecule has 2 aromatic rings. The lowest BCUT2D eigenvalue weighted by Crippen LogP contribution is -2.36. The van der Waals surface area contributed by atoms with Gasteiger partial charge in [-0.1, -0.05) is 29.8 Å². The third kappa shape index (κ3) is 3.36. The van der Waals surface area contributed by atoms with E-state index in [-0.39, 0.29) is 24.1 Å². The van der Waals surface area contributed by atoms with Crippen LogP contribution in [0, 0.1) is 13.8 Å². The van der Waals surface area contributed by atoms with Gasteiger partial charge in [0.25, 0.3) is 5.56 Å². The van der Waals surface area contributed by atoms with Gasteiger partial charge >= 0.3 is 0 Å². The standard InChI is InChI=1S/C19H22N2O2/c1-13-8-9-15-6-3-7-17(16(15)11-13)20-18(22)12-21-10-4-5-14(2)19(21)23/h4-5,8-11,17H,3,6-7,12H2,1-2H3,(H,20,22). The van der Waals surface area contributed by atoms with E-state index in [1.54, 1.807) is 25.3 Å². The number of amides is 1. The molecule has 1 aromatic heterocycles. The van der Waals surface area contributed by atoms with Gasteiger partial charge in [-0.05, 0) is 50.3 Å². The number of rotatable bonds is 3. The topological polar surface area (TPSA) is 51.1 Å². The van der Waals surface area contributed by atoms with Gasteiger partial charge in [0.1, 0.15) is 6.54 Å². The summed E-state index contributed by atoms with van der Waals surface area (Å²) in [4.78, 5) is 24.4. The van der Waals surface area contributed by atoms with Crippen molar-refractivity contribution in [1.29, 1.82) is 0 Å². The number of benzene rings is 1. The number of fused-ring (bicyclic) bond motifs is 1. The van der Waals surface area contributed by atoms with Crippen LogP contribution in [0.3, 0.4) is 0 Å². The van der Waals surface area contributed by atoms with Crippen LogP contribution >= 0.6 is 0 Å². The largest absolute Gasteiger partial charge is 0.348 e. The van der Waals surface area contributed by atoms with Crippen molar-refractivity contribution in [2.75, 3.05) is 0 Å². The first-order valence-electron chi connectivity index (χ1n) is 8.09. The molecule has 23 heavy (non-hydrogen) atoms. The third-order valence-electron chi connectivity index (χ3n) is 4.48. The second kappa shape index (κ2) is 6.41. The summed E-state index contributed by atoms with van der Waals surface area (Å²) in [5.74, 6) is -0.114. The van der Waals surface area contributed by atoms with Crippen molar-refractivity contribution in [3.63, 3.8) is 0 Å². The monoisotopic (exact) mass is 310 g/mol. The van der Waals surface area contributed by atoms with E-state index < -0.39 is 0 Å². The lowest BCUT2D eigenvalue weighted by molar-refractivity contribution is -0.122. The van der Waals surface area contributed by atoms with Crippen LogP contribution in [0.25, 0.3) is 0 Å². The predicted octanol–water partition coefficient (Wildman–Crippen LogP) is 2.66. The summed E-state index contributed by atoms with van der Waals surface area (Å²) >= 11 is 0. The molecule has 1 aliphatic carbocycles. The first-order valence-corrected chi connectivity index (χ1v) is 8.09. The fourth-order valence-electron chi connectivity index (χ4n) is 3.24.